The average molecular weight is 276 g/mol. The van der Waals surface area contributed by atoms with Crippen molar-refractivity contribution in [1.29, 1.82) is 5.41 Å². The Morgan fingerprint density at radius 2 is 2.21 bits per heavy atom. The summed E-state index contributed by atoms with van der Waals surface area (Å²) in [5.41, 5.74) is 7.28. The van der Waals surface area contributed by atoms with E-state index in [-0.39, 0.29) is 5.84 Å². The number of furan rings is 1. The number of rotatable bonds is 5. The lowest BCUT2D eigenvalue weighted by Gasteiger charge is -2.09. The minimum absolute atomic E-state index is 0.0168. The number of amidine groups is 1. The van der Waals surface area contributed by atoms with Crippen molar-refractivity contribution in [2.75, 3.05) is 7.11 Å². The first kappa shape index (κ1) is 13.5. The van der Waals surface area contributed by atoms with Gasteiger partial charge in [-0.05, 0) is 30.7 Å². The molecule has 100 valence electrons. The zero-order chi connectivity index (χ0) is 13.8. The predicted octanol–water partition coefficient (Wildman–Crippen LogP) is 3.17. The van der Waals surface area contributed by atoms with Gasteiger partial charge >= 0.3 is 0 Å². The van der Waals surface area contributed by atoms with Gasteiger partial charge in [-0.3, -0.25) is 5.41 Å². The summed E-state index contributed by atoms with van der Waals surface area (Å²) in [5.74, 6) is 2.36. The van der Waals surface area contributed by atoms with Gasteiger partial charge in [-0.1, -0.05) is 6.07 Å². The molecule has 0 radical (unpaired) electrons. The normalized spacial score (nSPS) is 10.4. The van der Waals surface area contributed by atoms with E-state index < -0.39 is 0 Å². The van der Waals surface area contributed by atoms with Gasteiger partial charge in [0, 0.05) is 10.6 Å². The van der Waals surface area contributed by atoms with Crippen molar-refractivity contribution in [3.8, 4) is 5.75 Å². The maximum atomic E-state index is 7.56. The Morgan fingerprint density at radius 1 is 1.42 bits per heavy atom. The van der Waals surface area contributed by atoms with Crippen LogP contribution in [0.2, 0.25) is 0 Å². The van der Waals surface area contributed by atoms with Crippen LogP contribution in [0.5, 0.6) is 5.75 Å². The number of methoxy groups -OCH3 is 1. The number of nitrogens with one attached hydrogen (secondary N) is 1. The van der Waals surface area contributed by atoms with E-state index in [0.29, 0.717) is 11.3 Å². The number of hydrogen-bond acceptors (Lipinski definition) is 4. The Hall–Kier alpha value is -1.88. The third-order valence-corrected chi connectivity index (χ3v) is 3.97. The molecule has 0 aliphatic heterocycles. The molecule has 1 aromatic heterocycles. The number of nitrogens with two attached hydrogens (primary N) is 1. The number of thioether (sulfide) groups is 1. The van der Waals surface area contributed by atoms with Crippen molar-refractivity contribution in [3.63, 3.8) is 0 Å². The summed E-state index contributed by atoms with van der Waals surface area (Å²) in [6.07, 6.45) is 1.69. The van der Waals surface area contributed by atoms with Gasteiger partial charge in [0.05, 0.1) is 18.9 Å². The average Bonchev–Trinajstić information content (AvgIpc) is 2.81. The Labute approximate surface area is 116 Å². The fourth-order valence-electron chi connectivity index (χ4n) is 1.74. The van der Waals surface area contributed by atoms with Gasteiger partial charge in [-0.15, -0.1) is 11.8 Å². The lowest BCUT2D eigenvalue weighted by molar-refractivity contribution is 0.413. The summed E-state index contributed by atoms with van der Waals surface area (Å²) >= 11 is 1.69. The van der Waals surface area contributed by atoms with Crippen molar-refractivity contribution in [2.45, 2.75) is 17.6 Å². The molecule has 4 nitrogen and oxygen atoms in total. The number of benzene rings is 1. The van der Waals surface area contributed by atoms with Crippen LogP contribution < -0.4 is 10.5 Å². The fraction of sp³-hybridized carbons (Fsp3) is 0.214. The SMILES string of the molecule is COc1ccc(CSc2ccoc2C)cc1C(=N)N. The van der Waals surface area contributed by atoms with Crippen LogP contribution in [-0.4, -0.2) is 12.9 Å². The summed E-state index contributed by atoms with van der Waals surface area (Å²) in [4.78, 5) is 1.13. The molecule has 0 bridgehead atoms. The highest BCUT2D eigenvalue weighted by molar-refractivity contribution is 7.98. The van der Waals surface area contributed by atoms with Crippen LogP contribution in [0, 0.1) is 12.3 Å². The Morgan fingerprint density at radius 3 is 2.79 bits per heavy atom. The summed E-state index contributed by atoms with van der Waals surface area (Å²) in [6.45, 7) is 1.94. The Balaban J connectivity index is 2.15. The zero-order valence-electron chi connectivity index (χ0n) is 10.9. The second kappa shape index (κ2) is 5.84. The van der Waals surface area contributed by atoms with Gasteiger partial charge in [0.2, 0.25) is 0 Å². The van der Waals surface area contributed by atoms with Gasteiger partial charge < -0.3 is 14.9 Å². The lowest BCUT2D eigenvalue weighted by atomic mass is 10.1. The molecule has 0 aliphatic carbocycles. The fourth-order valence-corrected chi connectivity index (χ4v) is 2.64. The quantitative estimate of drug-likeness (QED) is 0.500. The molecular weight excluding hydrogens is 260 g/mol. The molecule has 0 atom stereocenters. The molecule has 0 fully saturated rings. The highest BCUT2D eigenvalue weighted by Crippen LogP contribution is 2.28. The molecule has 1 heterocycles. The molecule has 1 aromatic carbocycles. The van der Waals surface area contributed by atoms with E-state index in [9.17, 15) is 0 Å². The standard InChI is InChI=1S/C14H16N2O2S/c1-9-13(5-6-18-9)19-8-10-3-4-12(17-2)11(7-10)14(15)16/h3-7H,8H2,1-2H3,(H3,15,16). The lowest BCUT2D eigenvalue weighted by Crippen LogP contribution is -2.12. The molecule has 0 saturated heterocycles. The number of hydrogen-bond donors (Lipinski definition) is 2. The van der Waals surface area contributed by atoms with Gasteiger partial charge in [0.1, 0.15) is 17.3 Å². The van der Waals surface area contributed by atoms with E-state index >= 15 is 0 Å². The topological polar surface area (TPSA) is 72.2 Å². The first-order valence-corrected chi connectivity index (χ1v) is 6.78. The molecular formula is C14H16N2O2S. The second-order valence-corrected chi connectivity index (χ2v) is 5.10. The van der Waals surface area contributed by atoms with E-state index in [2.05, 4.69) is 0 Å². The van der Waals surface area contributed by atoms with Crippen LogP contribution in [0.15, 0.2) is 39.8 Å². The third-order valence-electron chi connectivity index (χ3n) is 2.76. The highest BCUT2D eigenvalue weighted by atomic mass is 32.2. The number of nitrogen functional groups attached to an aromatic ring is 1. The molecule has 5 heteroatoms. The summed E-state index contributed by atoms with van der Waals surface area (Å²) in [7, 11) is 1.57. The van der Waals surface area contributed by atoms with Crippen LogP contribution >= 0.6 is 11.8 Å². The third kappa shape index (κ3) is 3.12. The second-order valence-electron chi connectivity index (χ2n) is 4.08. The van der Waals surface area contributed by atoms with Crippen LogP contribution in [0.4, 0.5) is 0 Å². The summed E-state index contributed by atoms with van der Waals surface area (Å²) in [6, 6.07) is 7.67. The van der Waals surface area contributed by atoms with Crippen LogP contribution in [0.1, 0.15) is 16.9 Å². The molecule has 2 rings (SSSR count). The van der Waals surface area contributed by atoms with E-state index in [1.54, 1.807) is 25.1 Å². The smallest absolute Gasteiger partial charge is 0.129 e. The molecule has 0 spiro atoms. The van der Waals surface area contributed by atoms with Gasteiger partial charge in [0.25, 0.3) is 0 Å². The zero-order valence-corrected chi connectivity index (χ0v) is 11.7. The first-order valence-electron chi connectivity index (χ1n) is 5.80. The van der Waals surface area contributed by atoms with Crippen molar-refractivity contribution in [1.82, 2.24) is 0 Å². The van der Waals surface area contributed by atoms with Gasteiger partial charge in [-0.25, -0.2) is 0 Å². The van der Waals surface area contributed by atoms with Crippen LogP contribution in [0.3, 0.4) is 0 Å². The van der Waals surface area contributed by atoms with E-state index in [0.717, 1.165) is 22.0 Å². The molecule has 0 aliphatic rings. The monoisotopic (exact) mass is 276 g/mol. The van der Waals surface area contributed by atoms with Gasteiger partial charge in [0.15, 0.2) is 0 Å². The number of ether oxygens (including phenoxy) is 1. The van der Waals surface area contributed by atoms with Crippen molar-refractivity contribution in [2.24, 2.45) is 5.73 Å². The molecule has 0 unspecified atom stereocenters. The summed E-state index contributed by atoms with van der Waals surface area (Å²) < 4.78 is 10.4. The highest BCUT2D eigenvalue weighted by Gasteiger charge is 2.08. The van der Waals surface area contributed by atoms with E-state index in [4.69, 9.17) is 20.3 Å². The summed E-state index contributed by atoms with van der Waals surface area (Å²) in [5, 5.41) is 7.56. The van der Waals surface area contributed by atoms with E-state index in [1.165, 1.54) is 0 Å². The van der Waals surface area contributed by atoms with Crippen LogP contribution in [-0.2, 0) is 5.75 Å². The van der Waals surface area contributed by atoms with E-state index in [1.807, 2.05) is 31.2 Å². The maximum Gasteiger partial charge on any atom is 0.129 e. The molecule has 2 aromatic rings. The van der Waals surface area contributed by atoms with Crippen molar-refractivity contribution >= 4 is 17.6 Å². The van der Waals surface area contributed by atoms with Crippen molar-refractivity contribution in [3.05, 3.63) is 47.4 Å². The Kier molecular flexibility index (Phi) is 4.16. The largest absolute Gasteiger partial charge is 0.496 e. The molecule has 19 heavy (non-hydrogen) atoms. The van der Waals surface area contributed by atoms with Crippen molar-refractivity contribution < 1.29 is 9.15 Å². The molecule has 3 N–H and O–H groups in total. The minimum Gasteiger partial charge on any atom is -0.496 e. The van der Waals surface area contributed by atoms with Gasteiger partial charge in [-0.2, -0.15) is 0 Å². The Bertz CT molecular complexity index is 593. The maximum absolute atomic E-state index is 7.56. The minimum atomic E-state index is 0.0168. The van der Waals surface area contributed by atoms with Crippen LogP contribution in [0.25, 0.3) is 0 Å². The molecule has 0 amide bonds. The predicted molar refractivity (Wildman–Crippen MR) is 77.0 cm³/mol. The molecule has 0 saturated carbocycles. The number of aryl methyl sites for hydroxylation is 1. The first-order chi connectivity index (χ1) is 9.11.